The maximum Gasteiger partial charge on any atom is 0.251 e. The van der Waals surface area contributed by atoms with Gasteiger partial charge in [0.05, 0.1) is 5.69 Å². The Balaban J connectivity index is 1.38. The Kier molecular flexibility index (Phi) is 8.69. The number of nitrogens with one attached hydrogen (secondary N) is 1. The van der Waals surface area contributed by atoms with Crippen LogP contribution in [0.4, 0.5) is 15.9 Å². The van der Waals surface area contributed by atoms with Gasteiger partial charge in [0.2, 0.25) is 0 Å². The minimum atomic E-state index is -0.203. The molecule has 6 nitrogen and oxygen atoms in total. The molecule has 1 N–H and O–H groups in total. The third-order valence-corrected chi connectivity index (χ3v) is 7.49. The monoisotopic (exact) mass is 527 g/mol. The summed E-state index contributed by atoms with van der Waals surface area (Å²) in [6.45, 7) is 8.97. The zero-order valence-electron chi connectivity index (χ0n) is 20.7. The molecule has 36 heavy (non-hydrogen) atoms. The van der Waals surface area contributed by atoms with E-state index in [0.717, 1.165) is 11.4 Å². The minimum absolute atomic E-state index is 0.0705. The fourth-order valence-corrected chi connectivity index (χ4v) is 4.93. The van der Waals surface area contributed by atoms with Crippen LogP contribution in [0.15, 0.2) is 59.8 Å². The van der Waals surface area contributed by atoms with E-state index < -0.39 is 0 Å². The van der Waals surface area contributed by atoms with Crippen LogP contribution in [0.3, 0.4) is 0 Å². The van der Waals surface area contributed by atoms with E-state index in [0.29, 0.717) is 59.4 Å². The van der Waals surface area contributed by atoms with Gasteiger partial charge in [0.15, 0.2) is 5.16 Å². The molecule has 0 aliphatic carbocycles. The number of carbonyl (C=O) groups excluding carboxylic acids is 1. The number of rotatable bonds is 8. The zero-order chi connectivity index (χ0) is 25.7. The van der Waals surface area contributed by atoms with Gasteiger partial charge in [-0.2, -0.15) is 0 Å². The number of carbonyl (C=O) groups is 1. The summed E-state index contributed by atoms with van der Waals surface area (Å²) in [7, 11) is 0. The summed E-state index contributed by atoms with van der Waals surface area (Å²) >= 11 is 7.81. The van der Waals surface area contributed by atoms with Crippen molar-refractivity contribution in [3.63, 3.8) is 0 Å². The molecule has 2 heterocycles. The number of hydrogen-bond acceptors (Lipinski definition) is 6. The Morgan fingerprint density at radius 2 is 1.75 bits per heavy atom. The van der Waals surface area contributed by atoms with Gasteiger partial charge in [-0.05, 0) is 42.7 Å². The SMILES string of the molecule is CC(C)C(C)NC(=O)c1cccc(CSc2nc(Cl)cc(N3CCN(c4ccccc4F)CC3)n2)c1. The largest absolute Gasteiger partial charge is 0.366 e. The molecule has 1 aliphatic rings. The van der Waals surface area contributed by atoms with E-state index in [4.69, 9.17) is 16.6 Å². The topological polar surface area (TPSA) is 61.4 Å². The summed E-state index contributed by atoms with van der Waals surface area (Å²) in [5.74, 6) is 1.47. The van der Waals surface area contributed by atoms with Gasteiger partial charge >= 0.3 is 0 Å². The molecule has 0 saturated carbocycles. The van der Waals surface area contributed by atoms with Gasteiger partial charge in [-0.3, -0.25) is 4.79 Å². The van der Waals surface area contributed by atoms with Crippen LogP contribution in [0.1, 0.15) is 36.7 Å². The van der Waals surface area contributed by atoms with E-state index in [1.165, 1.54) is 17.8 Å². The molecule has 0 radical (unpaired) electrons. The number of anilines is 2. The van der Waals surface area contributed by atoms with Gasteiger partial charge in [0.25, 0.3) is 5.91 Å². The van der Waals surface area contributed by atoms with Crippen molar-refractivity contribution in [1.29, 1.82) is 0 Å². The summed E-state index contributed by atoms with van der Waals surface area (Å²) in [5.41, 5.74) is 2.28. The van der Waals surface area contributed by atoms with Gasteiger partial charge in [-0.1, -0.05) is 61.5 Å². The summed E-state index contributed by atoms with van der Waals surface area (Å²) in [5, 5.41) is 4.01. The normalized spacial score (nSPS) is 14.7. The number of hydrogen-bond donors (Lipinski definition) is 1. The fraction of sp³-hybridized carbons (Fsp3) is 0.370. The standard InChI is InChI=1S/C27H31ClFN5OS/c1-18(2)19(3)30-26(35)21-8-6-7-20(15-21)17-36-27-31-24(28)16-25(32-27)34-13-11-33(12-14-34)23-10-5-4-9-22(23)29/h4-10,15-16,18-19H,11-14,17H2,1-3H3,(H,30,35). The number of amides is 1. The third kappa shape index (κ3) is 6.68. The van der Waals surface area contributed by atoms with Crippen LogP contribution in [0, 0.1) is 11.7 Å². The maximum atomic E-state index is 14.2. The van der Waals surface area contributed by atoms with E-state index in [-0.39, 0.29) is 17.8 Å². The Morgan fingerprint density at radius 1 is 1.03 bits per heavy atom. The highest BCUT2D eigenvalue weighted by atomic mass is 35.5. The summed E-state index contributed by atoms with van der Waals surface area (Å²) < 4.78 is 14.2. The fourth-order valence-electron chi connectivity index (χ4n) is 3.90. The van der Waals surface area contributed by atoms with Crippen molar-refractivity contribution in [2.75, 3.05) is 36.0 Å². The highest BCUT2D eigenvalue weighted by molar-refractivity contribution is 7.98. The molecule has 1 unspecified atom stereocenters. The highest BCUT2D eigenvalue weighted by Crippen LogP contribution is 2.27. The molecule has 0 bridgehead atoms. The molecule has 1 atom stereocenters. The van der Waals surface area contributed by atoms with Crippen LogP contribution >= 0.6 is 23.4 Å². The molecule has 0 spiro atoms. The van der Waals surface area contributed by atoms with Crippen molar-refractivity contribution in [2.45, 2.75) is 37.7 Å². The first-order valence-electron chi connectivity index (χ1n) is 12.1. The Morgan fingerprint density at radius 3 is 2.47 bits per heavy atom. The predicted octanol–water partition coefficient (Wildman–Crippen LogP) is 5.66. The molecule has 2 aromatic carbocycles. The number of halogens is 2. The van der Waals surface area contributed by atoms with Crippen molar-refractivity contribution in [1.82, 2.24) is 15.3 Å². The van der Waals surface area contributed by atoms with E-state index in [1.54, 1.807) is 12.1 Å². The zero-order valence-corrected chi connectivity index (χ0v) is 22.3. The van der Waals surface area contributed by atoms with Crippen LogP contribution in [0.25, 0.3) is 0 Å². The second kappa shape index (κ2) is 11.9. The summed E-state index contributed by atoms with van der Waals surface area (Å²) in [6.07, 6.45) is 0. The summed E-state index contributed by atoms with van der Waals surface area (Å²) in [6, 6.07) is 16.3. The van der Waals surface area contributed by atoms with Crippen molar-refractivity contribution >= 4 is 40.8 Å². The summed E-state index contributed by atoms with van der Waals surface area (Å²) in [4.78, 5) is 25.9. The second-order valence-electron chi connectivity index (χ2n) is 9.25. The van der Waals surface area contributed by atoms with Gasteiger partial charge < -0.3 is 15.1 Å². The molecule has 1 saturated heterocycles. The molecule has 1 amide bonds. The molecule has 9 heteroatoms. The molecule has 1 aliphatic heterocycles. The van der Waals surface area contributed by atoms with Crippen LogP contribution < -0.4 is 15.1 Å². The number of piperazine rings is 1. The van der Waals surface area contributed by atoms with Crippen LogP contribution in [-0.4, -0.2) is 48.1 Å². The van der Waals surface area contributed by atoms with Gasteiger partial charge in [0, 0.05) is 49.6 Å². The van der Waals surface area contributed by atoms with Crippen LogP contribution in [0.5, 0.6) is 0 Å². The molecule has 3 aromatic rings. The highest BCUT2D eigenvalue weighted by Gasteiger charge is 2.21. The first-order valence-corrected chi connectivity index (χ1v) is 13.5. The number of aromatic nitrogens is 2. The minimum Gasteiger partial charge on any atom is -0.366 e. The average Bonchev–Trinajstić information content (AvgIpc) is 2.87. The quantitative estimate of drug-likeness (QED) is 0.232. The molecular weight excluding hydrogens is 497 g/mol. The first kappa shape index (κ1) is 26.2. The Bertz CT molecular complexity index is 1200. The third-order valence-electron chi connectivity index (χ3n) is 6.37. The average molecular weight is 528 g/mol. The second-order valence-corrected chi connectivity index (χ2v) is 10.6. The Hall–Kier alpha value is -2.84. The van der Waals surface area contributed by atoms with Crippen molar-refractivity contribution in [2.24, 2.45) is 5.92 Å². The molecule has 1 fully saturated rings. The predicted molar refractivity (Wildman–Crippen MR) is 146 cm³/mol. The number of thioether (sulfide) groups is 1. The molecule has 190 valence electrons. The maximum absolute atomic E-state index is 14.2. The number of benzene rings is 2. The van der Waals surface area contributed by atoms with E-state index in [1.807, 2.05) is 43.3 Å². The van der Waals surface area contributed by atoms with E-state index in [9.17, 15) is 9.18 Å². The first-order chi connectivity index (χ1) is 17.3. The number of para-hydroxylation sites is 1. The van der Waals surface area contributed by atoms with Crippen molar-refractivity contribution < 1.29 is 9.18 Å². The lowest BCUT2D eigenvalue weighted by Gasteiger charge is -2.36. The smallest absolute Gasteiger partial charge is 0.251 e. The molecule has 1 aromatic heterocycles. The molecule has 4 rings (SSSR count). The van der Waals surface area contributed by atoms with Crippen molar-refractivity contribution in [3.05, 3.63) is 76.7 Å². The van der Waals surface area contributed by atoms with Crippen LogP contribution in [-0.2, 0) is 5.75 Å². The van der Waals surface area contributed by atoms with E-state index in [2.05, 4.69) is 33.9 Å². The lowest BCUT2D eigenvalue weighted by molar-refractivity contribution is 0.0930. The van der Waals surface area contributed by atoms with Gasteiger partial charge in [-0.15, -0.1) is 0 Å². The number of nitrogens with zero attached hydrogens (tertiary/aromatic N) is 4. The molecular formula is C27H31ClFN5OS. The Labute approximate surface area is 221 Å². The van der Waals surface area contributed by atoms with Gasteiger partial charge in [0.1, 0.15) is 16.8 Å². The van der Waals surface area contributed by atoms with Crippen molar-refractivity contribution in [3.8, 4) is 0 Å². The lowest BCUT2D eigenvalue weighted by Crippen LogP contribution is -2.47. The van der Waals surface area contributed by atoms with Gasteiger partial charge in [-0.25, -0.2) is 14.4 Å². The lowest BCUT2D eigenvalue weighted by atomic mass is 10.1. The van der Waals surface area contributed by atoms with Crippen LogP contribution in [0.2, 0.25) is 5.15 Å². The van der Waals surface area contributed by atoms with E-state index >= 15 is 0 Å².